The summed E-state index contributed by atoms with van der Waals surface area (Å²) in [6.45, 7) is 3.71. The quantitative estimate of drug-likeness (QED) is 0.628. The fourth-order valence-corrected chi connectivity index (χ4v) is 2.74. The Morgan fingerprint density at radius 2 is 2.11 bits per heavy atom. The number of hydrogen-bond acceptors (Lipinski definition) is 4. The van der Waals surface area contributed by atoms with Crippen LogP contribution in [0.5, 0.6) is 0 Å². The normalized spacial score (nSPS) is 29.3. The van der Waals surface area contributed by atoms with Crippen molar-refractivity contribution in [3.05, 3.63) is 0 Å². The molecule has 0 aromatic rings. The number of nitrogens with one attached hydrogen (secondary N) is 2. The Morgan fingerprint density at radius 3 is 2.72 bits per heavy atom. The number of likely N-dealkylation sites (tertiary alicyclic amines) is 1. The highest BCUT2D eigenvalue weighted by molar-refractivity contribution is 5.89. The first kappa shape index (κ1) is 13.3. The lowest BCUT2D eigenvalue weighted by Gasteiger charge is -2.36. The van der Waals surface area contributed by atoms with Crippen LogP contribution in [0.3, 0.4) is 0 Å². The van der Waals surface area contributed by atoms with Crippen LogP contribution in [0.1, 0.15) is 6.42 Å². The van der Waals surface area contributed by atoms with Gasteiger partial charge in [-0.1, -0.05) is 0 Å². The molecule has 2 N–H and O–H groups in total. The minimum atomic E-state index is -0.359. The van der Waals surface area contributed by atoms with E-state index in [0.29, 0.717) is 13.1 Å². The van der Waals surface area contributed by atoms with Crippen LogP contribution in [0.2, 0.25) is 0 Å². The first-order valence-corrected chi connectivity index (χ1v) is 6.55. The fourth-order valence-electron chi connectivity index (χ4n) is 2.74. The summed E-state index contributed by atoms with van der Waals surface area (Å²) in [5, 5.41) is 5.80. The first-order valence-electron chi connectivity index (χ1n) is 6.55. The van der Waals surface area contributed by atoms with Gasteiger partial charge in [-0.3, -0.25) is 9.59 Å². The number of hydrogen-bond donors (Lipinski definition) is 2. The molecule has 2 amide bonds. The third kappa shape index (κ3) is 2.64. The molecule has 0 bridgehead atoms. The molecule has 2 atom stereocenters. The summed E-state index contributed by atoms with van der Waals surface area (Å²) in [5.74, 6) is 0.108. The van der Waals surface area contributed by atoms with Crippen LogP contribution in [0.15, 0.2) is 0 Å². The average molecular weight is 254 g/mol. The Labute approximate surface area is 108 Å². The molecule has 6 nitrogen and oxygen atoms in total. The summed E-state index contributed by atoms with van der Waals surface area (Å²) < 4.78 is 0. The number of carbonyl (C=O) groups excluding carboxylic acids is 2. The summed E-state index contributed by atoms with van der Waals surface area (Å²) in [7, 11) is 3.64. The van der Waals surface area contributed by atoms with Crippen molar-refractivity contribution in [1.29, 1.82) is 0 Å². The van der Waals surface area contributed by atoms with E-state index in [9.17, 15) is 9.59 Å². The molecule has 6 heteroatoms. The van der Waals surface area contributed by atoms with Gasteiger partial charge in [0.2, 0.25) is 11.8 Å². The van der Waals surface area contributed by atoms with E-state index in [1.807, 2.05) is 7.05 Å². The average Bonchev–Trinajstić information content (AvgIpc) is 2.83. The standard InChI is InChI=1S/C12H22N4O2/c1-13-11(17)10-7-14-4-6-16(10)12(18)9-3-5-15(2)8-9/h9-10,14H,3-8H2,1-2H3,(H,13,17). The van der Waals surface area contributed by atoms with Crippen LogP contribution in [0.4, 0.5) is 0 Å². The van der Waals surface area contributed by atoms with Gasteiger partial charge in [0.05, 0.1) is 5.92 Å². The molecule has 102 valence electrons. The minimum Gasteiger partial charge on any atom is -0.357 e. The molecule has 2 heterocycles. The molecule has 2 aliphatic heterocycles. The van der Waals surface area contributed by atoms with Gasteiger partial charge in [-0.05, 0) is 20.0 Å². The molecule has 2 rings (SSSR count). The van der Waals surface area contributed by atoms with Crippen LogP contribution in [0, 0.1) is 5.92 Å². The largest absolute Gasteiger partial charge is 0.357 e. The van der Waals surface area contributed by atoms with Crippen molar-refractivity contribution < 1.29 is 9.59 Å². The zero-order chi connectivity index (χ0) is 13.1. The highest BCUT2D eigenvalue weighted by atomic mass is 16.2. The Bertz CT molecular complexity index is 334. The molecule has 2 fully saturated rings. The fraction of sp³-hybridized carbons (Fsp3) is 0.833. The van der Waals surface area contributed by atoms with Gasteiger partial charge in [0.25, 0.3) is 0 Å². The number of rotatable bonds is 2. The van der Waals surface area contributed by atoms with Crippen LogP contribution in [-0.2, 0) is 9.59 Å². The molecule has 18 heavy (non-hydrogen) atoms. The second-order valence-corrected chi connectivity index (χ2v) is 5.11. The Morgan fingerprint density at radius 1 is 1.33 bits per heavy atom. The van der Waals surface area contributed by atoms with Crippen LogP contribution >= 0.6 is 0 Å². The number of nitrogens with zero attached hydrogens (tertiary/aromatic N) is 2. The lowest BCUT2D eigenvalue weighted by Crippen LogP contribution is -2.60. The molecule has 0 saturated carbocycles. The maximum Gasteiger partial charge on any atom is 0.243 e. The topological polar surface area (TPSA) is 64.7 Å². The summed E-state index contributed by atoms with van der Waals surface area (Å²) >= 11 is 0. The van der Waals surface area contributed by atoms with Crippen molar-refractivity contribution in [3.8, 4) is 0 Å². The maximum absolute atomic E-state index is 12.5. The number of carbonyl (C=O) groups is 2. The van der Waals surface area contributed by atoms with E-state index in [2.05, 4.69) is 15.5 Å². The molecule has 0 aromatic heterocycles. The van der Waals surface area contributed by atoms with Crippen molar-refractivity contribution in [3.63, 3.8) is 0 Å². The lowest BCUT2D eigenvalue weighted by atomic mass is 10.0. The molecule has 2 aliphatic rings. The van der Waals surface area contributed by atoms with Gasteiger partial charge in [-0.15, -0.1) is 0 Å². The summed E-state index contributed by atoms with van der Waals surface area (Å²) in [4.78, 5) is 28.2. The van der Waals surface area contributed by atoms with E-state index in [1.165, 1.54) is 0 Å². The SMILES string of the molecule is CNC(=O)C1CNCCN1C(=O)C1CCN(C)C1. The van der Waals surface area contributed by atoms with Crippen molar-refractivity contribution in [2.24, 2.45) is 5.92 Å². The Kier molecular flexibility index (Phi) is 4.19. The van der Waals surface area contributed by atoms with Crippen molar-refractivity contribution in [2.45, 2.75) is 12.5 Å². The van der Waals surface area contributed by atoms with Gasteiger partial charge in [-0.2, -0.15) is 0 Å². The third-order valence-electron chi connectivity index (χ3n) is 3.82. The van der Waals surface area contributed by atoms with Crippen molar-refractivity contribution in [2.75, 3.05) is 46.8 Å². The van der Waals surface area contributed by atoms with Crippen molar-refractivity contribution in [1.82, 2.24) is 20.4 Å². The summed E-state index contributed by atoms with van der Waals surface area (Å²) in [6, 6.07) is -0.359. The number of likely N-dealkylation sites (N-methyl/N-ethyl adjacent to an activating group) is 1. The highest BCUT2D eigenvalue weighted by Crippen LogP contribution is 2.19. The van der Waals surface area contributed by atoms with Crippen molar-refractivity contribution >= 4 is 11.8 Å². The van der Waals surface area contributed by atoms with E-state index in [-0.39, 0.29) is 23.8 Å². The molecule has 2 unspecified atom stereocenters. The molecule has 0 radical (unpaired) electrons. The monoisotopic (exact) mass is 254 g/mol. The van der Waals surface area contributed by atoms with E-state index in [0.717, 1.165) is 26.1 Å². The second kappa shape index (κ2) is 5.67. The smallest absolute Gasteiger partial charge is 0.243 e. The van der Waals surface area contributed by atoms with Gasteiger partial charge in [-0.25, -0.2) is 0 Å². The van der Waals surface area contributed by atoms with E-state index < -0.39 is 0 Å². The van der Waals surface area contributed by atoms with Gasteiger partial charge < -0.3 is 20.4 Å². The first-order chi connectivity index (χ1) is 8.63. The molecule has 0 spiro atoms. The summed E-state index contributed by atoms with van der Waals surface area (Å²) in [6.07, 6.45) is 0.903. The molecular weight excluding hydrogens is 232 g/mol. The molecular formula is C12H22N4O2. The molecule has 0 aromatic carbocycles. The van der Waals surface area contributed by atoms with Gasteiger partial charge in [0.15, 0.2) is 0 Å². The van der Waals surface area contributed by atoms with Crippen LogP contribution in [0.25, 0.3) is 0 Å². The van der Waals surface area contributed by atoms with Crippen LogP contribution < -0.4 is 10.6 Å². The highest BCUT2D eigenvalue weighted by Gasteiger charge is 2.36. The van der Waals surface area contributed by atoms with E-state index in [1.54, 1.807) is 11.9 Å². The molecule has 2 saturated heterocycles. The zero-order valence-electron chi connectivity index (χ0n) is 11.1. The Hall–Kier alpha value is -1.14. The van der Waals surface area contributed by atoms with Gasteiger partial charge >= 0.3 is 0 Å². The summed E-state index contributed by atoms with van der Waals surface area (Å²) in [5.41, 5.74) is 0. The third-order valence-corrected chi connectivity index (χ3v) is 3.82. The minimum absolute atomic E-state index is 0.0558. The van der Waals surface area contributed by atoms with E-state index >= 15 is 0 Å². The maximum atomic E-state index is 12.5. The van der Waals surface area contributed by atoms with Gasteiger partial charge in [0, 0.05) is 33.2 Å². The number of amides is 2. The zero-order valence-corrected chi connectivity index (χ0v) is 11.1. The van der Waals surface area contributed by atoms with Crippen LogP contribution in [-0.4, -0.2) is 74.5 Å². The predicted octanol–water partition coefficient (Wildman–Crippen LogP) is -1.52. The Balaban J connectivity index is 2.04. The lowest BCUT2D eigenvalue weighted by molar-refractivity contribution is -0.144. The second-order valence-electron chi connectivity index (χ2n) is 5.11. The number of piperazine rings is 1. The van der Waals surface area contributed by atoms with Gasteiger partial charge in [0.1, 0.15) is 6.04 Å². The van der Waals surface area contributed by atoms with E-state index in [4.69, 9.17) is 0 Å². The molecule has 0 aliphatic carbocycles. The predicted molar refractivity (Wildman–Crippen MR) is 68.0 cm³/mol.